The Morgan fingerprint density at radius 1 is 1.59 bits per heavy atom. The summed E-state index contributed by atoms with van der Waals surface area (Å²) < 4.78 is 0. The molecule has 17 heavy (non-hydrogen) atoms. The smallest absolute Gasteiger partial charge is 0.230 e. The molecule has 0 fully saturated rings. The van der Waals surface area contributed by atoms with Crippen LogP contribution in [0.15, 0.2) is 23.1 Å². The Kier molecular flexibility index (Phi) is 5.37. The van der Waals surface area contributed by atoms with Gasteiger partial charge in [0.25, 0.3) is 0 Å². The van der Waals surface area contributed by atoms with E-state index in [2.05, 4.69) is 5.32 Å². The third-order valence-electron chi connectivity index (χ3n) is 2.07. The molecule has 0 aliphatic rings. The molecular weight excluding hydrogens is 234 g/mol. The van der Waals surface area contributed by atoms with Crippen molar-refractivity contribution in [3.63, 3.8) is 0 Å². The van der Waals surface area contributed by atoms with Crippen LogP contribution >= 0.6 is 11.8 Å². The molecular formula is C12H15N3OS. The van der Waals surface area contributed by atoms with Crippen LogP contribution in [0.4, 0.5) is 5.69 Å². The van der Waals surface area contributed by atoms with Gasteiger partial charge in [0, 0.05) is 17.1 Å². The zero-order valence-corrected chi connectivity index (χ0v) is 10.5. The average Bonchev–Trinajstić information content (AvgIpc) is 2.34. The summed E-state index contributed by atoms with van der Waals surface area (Å²) in [6.07, 6.45) is 0.926. The van der Waals surface area contributed by atoms with Crippen LogP contribution in [0.3, 0.4) is 0 Å². The predicted molar refractivity (Wildman–Crippen MR) is 69.6 cm³/mol. The summed E-state index contributed by atoms with van der Waals surface area (Å²) in [7, 11) is 0. The molecule has 5 heteroatoms. The first kappa shape index (κ1) is 13.4. The fraction of sp³-hybridized carbons (Fsp3) is 0.333. The van der Waals surface area contributed by atoms with Crippen molar-refractivity contribution in [1.29, 1.82) is 5.26 Å². The number of carbonyl (C=O) groups is 1. The quantitative estimate of drug-likeness (QED) is 0.615. The number of rotatable bonds is 5. The second-order valence-electron chi connectivity index (χ2n) is 3.50. The summed E-state index contributed by atoms with van der Waals surface area (Å²) in [6.45, 7) is 2.70. The van der Waals surface area contributed by atoms with Crippen LogP contribution < -0.4 is 11.1 Å². The van der Waals surface area contributed by atoms with Crippen LogP contribution in [0, 0.1) is 11.3 Å². The van der Waals surface area contributed by atoms with Gasteiger partial charge in [-0.1, -0.05) is 6.92 Å². The van der Waals surface area contributed by atoms with Gasteiger partial charge in [-0.2, -0.15) is 5.26 Å². The van der Waals surface area contributed by atoms with Crippen LogP contribution in [-0.2, 0) is 4.79 Å². The zero-order valence-electron chi connectivity index (χ0n) is 9.69. The lowest BCUT2D eigenvalue weighted by Gasteiger charge is -2.06. The number of nitrogen functional groups attached to an aromatic ring is 1. The van der Waals surface area contributed by atoms with Gasteiger partial charge >= 0.3 is 0 Å². The van der Waals surface area contributed by atoms with E-state index >= 15 is 0 Å². The summed E-state index contributed by atoms with van der Waals surface area (Å²) in [5.41, 5.74) is 6.85. The highest BCUT2D eigenvalue weighted by atomic mass is 32.2. The summed E-state index contributed by atoms with van der Waals surface area (Å²) in [6, 6.07) is 7.10. The first-order valence-corrected chi connectivity index (χ1v) is 6.35. The third kappa shape index (κ3) is 4.37. The Balaban J connectivity index is 2.52. The molecule has 4 nitrogen and oxygen atoms in total. The van der Waals surface area contributed by atoms with Crippen molar-refractivity contribution in [2.24, 2.45) is 0 Å². The molecule has 0 aromatic heterocycles. The number of hydrogen-bond donors (Lipinski definition) is 2. The molecule has 90 valence electrons. The van der Waals surface area contributed by atoms with E-state index in [0.29, 0.717) is 23.5 Å². The fourth-order valence-electron chi connectivity index (χ4n) is 1.21. The second kappa shape index (κ2) is 6.81. The molecule has 0 spiro atoms. The first-order valence-electron chi connectivity index (χ1n) is 5.36. The number of carbonyl (C=O) groups excluding carboxylic acids is 1. The topological polar surface area (TPSA) is 78.9 Å². The molecule has 0 unspecified atom stereocenters. The van der Waals surface area contributed by atoms with E-state index in [1.807, 2.05) is 13.0 Å². The minimum atomic E-state index is 0.000565. The lowest BCUT2D eigenvalue weighted by molar-refractivity contribution is -0.118. The second-order valence-corrected chi connectivity index (χ2v) is 4.52. The summed E-state index contributed by atoms with van der Waals surface area (Å²) in [5, 5.41) is 11.5. The maximum Gasteiger partial charge on any atom is 0.230 e. The van der Waals surface area contributed by atoms with Crippen LogP contribution in [0.1, 0.15) is 18.9 Å². The Labute approximate surface area is 105 Å². The van der Waals surface area contributed by atoms with E-state index in [1.54, 1.807) is 18.2 Å². The number of anilines is 1. The number of nitrogens with zero attached hydrogens (tertiary/aromatic N) is 1. The summed E-state index contributed by atoms with van der Waals surface area (Å²) in [5.74, 6) is 0.344. The van der Waals surface area contributed by atoms with Gasteiger partial charge in [-0.15, -0.1) is 11.8 Å². The summed E-state index contributed by atoms with van der Waals surface area (Å²) >= 11 is 1.38. The van der Waals surface area contributed by atoms with Crippen molar-refractivity contribution in [3.05, 3.63) is 23.8 Å². The number of thioether (sulfide) groups is 1. The van der Waals surface area contributed by atoms with Crippen molar-refractivity contribution in [1.82, 2.24) is 5.32 Å². The van der Waals surface area contributed by atoms with Gasteiger partial charge in [-0.25, -0.2) is 0 Å². The lowest BCUT2D eigenvalue weighted by Crippen LogP contribution is -2.25. The van der Waals surface area contributed by atoms with Crippen molar-refractivity contribution >= 4 is 23.4 Å². The van der Waals surface area contributed by atoms with Crippen molar-refractivity contribution < 1.29 is 4.79 Å². The molecule has 3 N–H and O–H groups in total. The monoisotopic (exact) mass is 249 g/mol. The maximum atomic E-state index is 11.4. The molecule has 1 rings (SSSR count). The van der Waals surface area contributed by atoms with E-state index in [9.17, 15) is 4.79 Å². The normalized spacial score (nSPS) is 9.65. The average molecular weight is 249 g/mol. The molecule has 1 amide bonds. The van der Waals surface area contributed by atoms with E-state index in [4.69, 9.17) is 11.0 Å². The Bertz CT molecular complexity index is 440. The maximum absolute atomic E-state index is 11.4. The molecule has 0 atom stereocenters. The van der Waals surface area contributed by atoms with Gasteiger partial charge in [0.2, 0.25) is 5.91 Å². The number of nitriles is 1. The predicted octanol–water partition coefficient (Wildman–Crippen LogP) is 1.76. The van der Waals surface area contributed by atoms with Gasteiger partial charge in [-0.3, -0.25) is 4.79 Å². The third-order valence-corrected chi connectivity index (χ3v) is 3.16. The van der Waals surface area contributed by atoms with Gasteiger partial charge in [0.05, 0.1) is 17.4 Å². The number of benzene rings is 1. The minimum Gasteiger partial charge on any atom is -0.398 e. The van der Waals surface area contributed by atoms with Gasteiger partial charge in [-0.05, 0) is 24.6 Å². The van der Waals surface area contributed by atoms with Gasteiger partial charge in [0.15, 0.2) is 0 Å². The highest BCUT2D eigenvalue weighted by Gasteiger charge is 2.05. The van der Waals surface area contributed by atoms with Crippen LogP contribution in [0.5, 0.6) is 0 Å². The summed E-state index contributed by atoms with van der Waals surface area (Å²) in [4.78, 5) is 12.2. The number of hydrogen-bond acceptors (Lipinski definition) is 4. The molecule has 0 saturated heterocycles. The van der Waals surface area contributed by atoms with Crippen molar-refractivity contribution in [3.8, 4) is 6.07 Å². The van der Waals surface area contributed by atoms with Crippen LogP contribution in [-0.4, -0.2) is 18.2 Å². The molecule has 1 aromatic carbocycles. The SMILES string of the molecule is CCCNC(=O)CSc1ccc(C#N)cc1N. The lowest BCUT2D eigenvalue weighted by atomic mass is 10.2. The number of nitrogens with one attached hydrogen (secondary N) is 1. The van der Waals surface area contributed by atoms with E-state index < -0.39 is 0 Å². The van der Waals surface area contributed by atoms with Gasteiger partial charge in [0.1, 0.15) is 0 Å². The van der Waals surface area contributed by atoms with E-state index in [-0.39, 0.29) is 5.91 Å². The molecule has 1 aromatic rings. The molecule has 0 bridgehead atoms. The Hall–Kier alpha value is -1.67. The Morgan fingerprint density at radius 2 is 2.35 bits per heavy atom. The number of amides is 1. The van der Waals surface area contributed by atoms with E-state index in [1.165, 1.54) is 11.8 Å². The molecule has 0 saturated carbocycles. The molecule has 0 radical (unpaired) electrons. The molecule has 0 aliphatic carbocycles. The highest BCUT2D eigenvalue weighted by Crippen LogP contribution is 2.25. The van der Waals surface area contributed by atoms with Crippen LogP contribution in [0.2, 0.25) is 0 Å². The van der Waals surface area contributed by atoms with E-state index in [0.717, 1.165) is 11.3 Å². The largest absolute Gasteiger partial charge is 0.398 e. The minimum absolute atomic E-state index is 0.000565. The fourth-order valence-corrected chi connectivity index (χ4v) is 1.99. The van der Waals surface area contributed by atoms with Gasteiger partial charge < -0.3 is 11.1 Å². The standard InChI is InChI=1S/C12H15N3OS/c1-2-5-15-12(16)8-17-11-4-3-9(7-13)6-10(11)14/h3-4,6H,2,5,8,14H2,1H3,(H,15,16). The zero-order chi connectivity index (χ0) is 12.7. The first-order chi connectivity index (χ1) is 8.17. The van der Waals surface area contributed by atoms with Crippen molar-refractivity contribution in [2.75, 3.05) is 18.0 Å². The Morgan fingerprint density at radius 3 is 2.94 bits per heavy atom. The van der Waals surface area contributed by atoms with Crippen LogP contribution in [0.25, 0.3) is 0 Å². The van der Waals surface area contributed by atoms with Crippen molar-refractivity contribution in [2.45, 2.75) is 18.2 Å². The molecule has 0 heterocycles. The highest BCUT2D eigenvalue weighted by molar-refractivity contribution is 8.00. The molecule has 0 aliphatic heterocycles. The number of nitrogens with two attached hydrogens (primary N) is 1.